The van der Waals surface area contributed by atoms with Crippen molar-refractivity contribution in [2.24, 2.45) is 164 Å². The van der Waals surface area contributed by atoms with Crippen molar-refractivity contribution in [3.8, 4) is 0 Å². The lowest BCUT2D eigenvalue weighted by Gasteiger charge is -2.35. The van der Waals surface area contributed by atoms with E-state index in [-0.39, 0.29) is 149 Å². The SMILES string of the molecule is CB(O)CCCC1C(N)CC2CC(N)CC21.CB(O)CCCC1C(N)CC2CC(NC(=O)C(C)N)CC21.CB(O)CCCC1C(N)CC2CC(NC(=O)C(N)C(C)C)CC21.CB(O)CCCC1C(N)CC2CC(O)CC21.CB(O)CCCC1C2CCC(N2)C1(N)C(=O)O.CB(O)CCCC1C2CN(C(=O)C(N)C(C)C)CC2CC1(N)C(=O)O.O=C=O.O=C=O.O=C=O.O=C=O. The number of aliphatic carboxylic acids is 2. The molecule has 3 amide bonds. The second kappa shape index (κ2) is 58.9. The first-order valence-electron chi connectivity index (χ1n) is 48.5. The van der Waals surface area contributed by atoms with Gasteiger partial charge < -0.3 is 124 Å². The van der Waals surface area contributed by atoms with Crippen molar-refractivity contribution < 1.29 is 108 Å². The third kappa shape index (κ3) is 36.6. The smallest absolute Gasteiger partial charge is 0.373 e. The summed E-state index contributed by atoms with van der Waals surface area (Å²) in [6, 6.07) is 1.03. The maximum Gasteiger partial charge on any atom is 0.373 e. The zero-order chi connectivity index (χ0) is 98.5. The molecule has 0 aromatic carbocycles. The molecule has 3 aliphatic heterocycles. The first kappa shape index (κ1) is 119. The number of hydrogen-bond acceptors (Lipinski definition) is 31. The van der Waals surface area contributed by atoms with E-state index < -0.39 is 48.1 Å². The van der Waals surface area contributed by atoms with Crippen LogP contribution in [-0.2, 0) is 62.3 Å². The van der Waals surface area contributed by atoms with Gasteiger partial charge in [0.05, 0.1) is 24.2 Å². The molecule has 0 radical (unpaired) electrons. The summed E-state index contributed by atoms with van der Waals surface area (Å²) < 4.78 is 0. The molecule has 31 atom stereocenters. The van der Waals surface area contributed by atoms with Crippen molar-refractivity contribution in [2.45, 2.75) is 377 Å². The van der Waals surface area contributed by atoms with Crippen molar-refractivity contribution >= 4 is 95.8 Å². The Hall–Kier alpha value is -5.46. The number of nitrogens with one attached hydrogen (secondary N) is 3. The molecule has 12 fully saturated rings. The number of carboxylic acids is 2. The lowest BCUT2D eigenvalue weighted by Crippen LogP contribution is -2.61. The van der Waals surface area contributed by atoms with Gasteiger partial charge in [-0.3, -0.25) is 24.0 Å². The predicted molar refractivity (Wildman–Crippen MR) is 498 cm³/mol. The summed E-state index contributed by atoms with van der Waals surface area (Å²) in [7, 11) is 0. The molecule has 42 heteroatoms. The highest BCUT2D eigenvalue weighted by Crippen LogP contribution is 2.54. The summed E-state index contributed by atoms with van der Waals surface area (Å²) in [5.41, 5.74) is 58.7. The van der Waals surface area contributed by atoms with E-state index >= 15 is 0 Å². The highest BCUT2D eigenvalue weighted by Gasteiger charge is 2.61. The Kier molecular flexibility index (Phi) is 53.7. The lowest BCUT2D eigenvalue weighted by molar-refractivity contribution is -0.193. The Bertz CT molecular complexity index is 3390. The van der Waals surface area contributed by atoms with Crippen molar-refractivity contribution in [3.63, 3.8) is 0 Å². The van der Waals surface area contributed by atoms with Crippen LogP contribution >= 0.6 is 0 Å². The van der Waals surface area contributed by atoms with Crippen LogP contribution < -0.4 is 73.3 Å². The van der Waals surface area contributed by atoms with Crippen LogP contribution in [-0.4, -0.2) is 249 Å². The van der Waals surface area contributed by atoms with Gasteiger partial charge in [-0.25, -0.2) is 0 Å². The lowest BCUT2D eigenvalue weighted by atomic mass is 9.64. The third-order valence-corrected chi connectivity index (χ3v) is 31.0. The highest BCUT2D eigenvalue weighted by molar-refractivity contribution is 6.50. The first-order valence-corrected chi connectivity index (χ1v) is 48.5. The number of fused-ring (bicyclic) bond motifs is 7. The van der Waals surface area contributed by atoms with Gasteiger partial charge in [0.1, 0.15) is 11.1 Å². The number of carboxylic acid groups (broad SMARTS) is 2. The molecule has 9 saturated carbocycles. The predicted octanol–water partition coefficient (Wildman–Crippen LogP) is 1.82. The van der Waals surface area contributed by atoms with Gasteiger partial charge in [-0.1, -0.05) is 107 Å². The molecule has 3 heterocycles. The van der Waals surface area contributed by atoms with Crippen molar-refractivity contribution in [1.29, 1.82) is 0 Å². The number of aliphatic hydroxyl groups excluding tert-OH is 1. The second-order valence-corrected chi connectivity index (χ2v) is 41.6. The number of nitrogens with two attached hydrogens (primary N) is 10. The van der Waals surface area contributed by atoms with Crippen LogP contribution in [0, 0.1) is 107 Å². The molecule has 12 aliphatic rings. The Balaban J connectivity index is 0.000000394. The molecule has 738 valence electrons. The van der Waals surface area contributed by atoms with Gasteiger partial charge in [-0.2, -0.15) is 38.4 Å². The Labute approximate surface area is 774 Å². The Morgan fingerprint density at radius 1 is 0.423 bits per heavy atom. The summed E-state index contributed by atoms with van der Waals surface area (Å²) in [6.45, 7) is 20.0. The van der Waals surface area contributed by atoms with Gasteiger partial charge >= 0.3 is 36.5 Å². The third-order valence-electron chi connectivity index (χ3n) is 31.0. The summed E-state index contributed by atoms with van der Waals surface area (Å²) >= 11 is 0. The molecule has 0 spiro atoms. The largest absolute Gasteiger partial charge is 0.480 e. The van der Waals surface area contributed by atoms with E-state index in [1.807, 2.05) is 55.0 Å². The fraction of sp³-hybridized carbons (Fsp3) is 0.898. The van der Waals surface area contributed by atoms with E-state index in [9.17, 15) is 69.4 Å². The maximum atomic E-state index is 12.5. The maximum absolute atomic E-state index is 12.5. The van der Waals surface area contributed by atoms with Gasteiger partial charge in [-0.05, 0) is 280 Å². The van der Waals surface area contributed by atoms with E-state index in [0.717, 1.165) is 172 Å². The van der Waals surface area contributed by atoms with Gasteiger partial charge in [0.25, 0.3) is 41.5 Å². The normalized spacial score (nSPS) is 34.1. The number of hydrogen-bond donors (Lipinski definition) is 22. The molecule has 32 N–H and O–H groups in total. The monoisotopic (exact) mass is 1840 g/mol. The Morgan fingerprint density at radius 3 is 1.12 bits per heavy atom. The summed E-state index contributed by atoms with van der Waals surface area (Å²) in [5.74, 6) is 6.08. The van der Waals surface area contributed by atoms with Gasteiger partial charge in [0.15, 0.2) is 0 Å². The van der Waals surface area contributed by atoms with Crippen molar-refractivity contribution in [3.05, 3.63) is 0 Å². The Morgan fingerprint density at radius 2 is 0.762 bits per heavy atom. The van der Waals surface area contributed by atoms with E-state index in [2.05, 4.69) is 16.0 Å². The minimum absolute atomic E-state index is 0.00231. The fourth-order valence-electron chi connectivity index (χ4n) is 24.7. The molecular weight excluding hydrogens is 1670 g/mol. The van der Waals surface area contributed by atoms with Crippen molar-refractivity contribution in [2.75, 3.05) is 13.1 Å². The molecular formula is C88H166B6N14O22. The number of aliphatic hydroxyl groups is 1. The number of rotatable bonds is 33. The molecule has 9 aliphatic carbocycles. The topological polar surface area (TPSA) is 704 Å². The molecule has 36 nitrogen and oxygen atoms in total. The van der Waals surface area contributed by atoms with Crippen LogP contribution in [0.25, 0.3) is 0 Å². The molecule has 0 aromatic heterocycles. The van der Waals surface area contributed by atoms with Crippen LogP contribution in [0.4, 0.5) is 0 Å². The van der Waals surface area contributed by atoms with E-state index in [1.165, 1.54) is 25.7 Å². The standard InChI is InChI=1S/C17H32BN3O4.C17H34BN3O2.C15H30BN3O2.C12H25BN2O.C12H24BNO2.C11H21BN2O3.4CO2/c1-10(2)14(19)15(22)21-8-11-7-17(20,16(23)24)13(12(11)9-21)5-4-6-18(3)25;1-10(2)16(20)17(22)21-12-7-11-8-15(19)13(14(11)9-12)5-4-6-18(3)23;1-9(17)15(20)19-11-6-10-7-14(18)12(13(10)8-11)4-3-5-16(2)21;1-13(16)4-2-3-10-11-7-9(14)5-8(11)6-12(10)15;1-13(16)4-2-3-10-11-7-9(15)5-8(11)6-12(10)14;1-12(17)6-2-3-7-8-4-5-9(14-8)11(7,13)10(15)16;4*2-1-3/h10-14,25H,4-9,19-20H2,1-3H3,(H,23,24);10-16,23H,4-9,19-20H2,1-3H3,(H,21,22);9-14,21H,3-8,17-18H2,1-2H3,(H,19,20);8-12,16H,2-7,14-15H2,1H3;8-12,15-16H,2-7,14H2,1H3;7-9,14,17H,2-6,13H2,1H3,(H,15,16);;;;. The molecule has 2 bridgehead atoms. The van der Waals surface area contributed by atoms with Crippen LogP contribution in [0.5, 0.6) is 0 Å². The van der Waals surface area contributed by atoms with Crippen LogP contribution in [0.1, 0.15) is 208 Å². The summed E-state index contributed by atoms with van der Waals surface area (Å²) in [4.78, 5) is 126. The average molecular weight is 1840 g/mol. The molecule has 130 heavy (non-hydrogen) atoms. The van der Waals surface area contributed by atoms with E-state index in [1.54, 1.807) is 25.5 Å². The second-order valence-electron chi connectivity index (χ2n) is 41.6. The van der Waals surface area contributed by atoms with Crippen molar-refractivity contribution in [1.82, 2.24) is 20.9 Å². The average Bonchev–Trinajstić information content (AvgIpc) is 1.62. The van der Waals surface area contributed by atoms with Gasteiger partial charge in [0, 0.05) is 73.4 Å². The molecule has 12 rings (SSSR count). The van der Waals surface area contributed by atoms with Crippen LogP contribution in [0.3, 0.4) is 0 Å². The zero-order valence-electron chi connectivity index (χ0n) is 79.7. The summed E-state index contributed by atoms with van der Waals surface area (Å²) in [6.07, 6.45) is 32.7. The van der Waals surface area contributed by atoms with Gasteiger partial charge in [-0.15, -0.1) is 0 Å². The minimum atomic E-state index is -1.23. The number of likely N-dealkylation sites (tertiary alicyclic amines) is 1. The highest BCUT2D eigenvalue weighted by atomic mass is 16.4. The fourth-order valence-corrected chi connectivity index (χ4v) is 24.7. The van der Waals surface area contributed by atoms with Crippen LogP contribution in [0.15, 0.2) is 0 Å². The van der Waals surface area contributed by atoms with Gasteiger partial charge in [0.2, 0.25) is 17.7 Å². The minimum Gasteiger partial charge on any atom is -0.480 e. The molecule has 0 aromatic rings. The summed E-state index contributed by atoms with van der Waals surface area (Å²) in [5, 5.41) is 94.3. The number of amides is 3. The first-order chi connectivity index (χ1) is 61.0. The zero-order valence-corrected chi connectivity index (χ0v) is 79.7. The number of carbonyl (C=O) groups excluding carboxylic acids is 11. The quantitative estimate of drug-likeness (QED) is 0.0417. The number of nitrogens with zero attached hydrogens (tertiary/aromatic N) is 1. The molecule has 3 saturated heterocycles. The van der Waals surface area contributed by atoms with Crippen LogP contribution in [0.2, 0.25) is 78.9 Å². The van der Waals surface area contributed by atoms with E-state index in [0.29, 0.717) is 122 Å². The van der Waals surface area contributed by atoms with E-state index in [4.69, 9.17) is 95.7 Å². The number of carbonyl (C=O) groups is 5. The molecule has 31 unspecified atom stereocenters.